The Hall–Kier alpha value is -5.08. The molecule has 11 heteroatoms. The first-order valence-corrected chi connectivity index (χ1v) is 20.7. The van der Waals surface area contributed by atoms with Crippen molar-refractivity contribution in [1.29, 1.82) is 0 Å². The van der Waals surface area contributed by atoms with E-state index in [0.29, 0.717) is 64.7 Å². The molecule has 4 aliphatic heterocycles. The van der Waals surface area contributed by atoms with Crippen LogP contribution in [0.3, 0.4) is 0 Å². The molecule has 0 fully saturated rings. The smallest absolute Gasteiger partial charge is 0.261 e. The third-order valence-corrected chi connectivity index (χ3v) is 14.2. The minimum absolute atomic E-state index is 0.0135. The summed E-state index contributed by atoms with van der Waals surface area (Å²) in [6.07, 6.45) is 7.06. The topological polar surface area (TPSA) is 107 Å². The molecule has 0 radical (unpaired) electrons. The van der Waals surface area contributed by atoms with Crippen LogP contribution in [0.5, 0.6) is 23.0 Å². The third-order valence-electron chi connectivity index (χ3n) is 10.9. The molecule has 274 valence electrons. The number of aryl methyl sites for hydroxylation is 1. The Morgan fingerprint density at radius 1 is 0.717 bits per heavy atom. The number of para-hydroxylation sites is 2. The number of rotatable bonds is 12. The van der Waals surface area contributed by atoms with Gasteiger partial charge < -0.3 is 28.4 Å². The summed E-state index contributed by atoms with van der Waals surface area (Å²) in [5.41, 5.74) is 6.75. The van der Waals surface area contributed by atoms with Crippen LogP contribution < -0.4 is 28.7 Å². The summed E-state index contributed by atoms with van der Waals surface area (Å²) in [5.74, 6) is 1.76. The number of hydrogen-bond donors (Lipinski definition) is 0. The summed E-state index contributed by atoms with van der Waals surface area (Å²) in [7, 11) is 0.425. The molecule has 8 rings (SSSR count). The van der Waals surface area contributed by atoms with Gasteiger partial charge in [0, 0.05) is 60.2 Å². The van der Waals surface area contributed by atoms with Crippen molar-refractivity contribution in [3.8, 4) is 23.0 Å². The maximum Gasteiger partial charge on any atom is 0.261 e. The van der Waals surface area contributed by atoms with Gasteiger partial charge in [-0.15, -0.1) is 0 Å². The molecular weight excluding hydrogens is 689 g/mol. The Kier molecular flexibility index (Phi) is 9.50. The van der Waals surface area contributed by atoms with Crippen LogP contribution in [-0.4, -0.2) is 76.0 Å². The Morgan fingerprint density at radius 3 is 2.00 bits per heavy atom. The lowest BCUT2D eigenvalue weighted by atomic mass is 9.99. The standard InChI is InChI=1S/C42H44N3O7P/c1-4-17-53(48,18-15-51-39-22-27-13-14-30-20-28-9-5-7-11-35(28)44(30)41(46)32(27)23-37(39)49-2)19-16-52-40-25-34-33(24-38(40)50-3)42(47)45-31(26-43-34)21-29-10-6-8-12-36(29)45/h5-12,22-26,30-31H,4,13-21H2,1-3H3/t30-,31+,53?/m1/s1. The maximum absolute atomic E-state index is 14.2. The molecule has 0 spiro atoms. The molecule has 0 saturated heterocycles. The van der Waals surface area contributed by atoms with Crippen molar-refractivity contribution >= 4 is 42.2 Å². The van der Waals surface area contributed by atoms with Crippen LogP contribution in [0.25, 0.3) is 0 Å². The van der Waals surface area contributed by atoms with E-state index in [0.717, 1.165) is 48.2 Å². The first-order valence-electron chi connectivity index (χ1n) is 18.4. The number of benzene rings is 4. The van der Waals surface area contributed by atoms with Crippen LogP contribution >= 0.6 is 7.14 Å². The third kappa shape index (κ3) is 6.48. The van der Waals surface area contributed by atoms with Gasteiger partial charge in [0.2, 0.25) is 0 Å². The minimum atomic E-state index is -2.69. The van der Waals surface area contributed by atoms with Crippen LogP contribution in [0, 0.1) is 0 Å². The molecule has 0 aromatic heterocycles. The van der Waals surface area contributed by atoms with E-state index in [1.54, 1.807) is 37.3 Å². The van der Waals surface area contributed by atoms with Gasteiger partial charge in [0.1, 0.15) is 0 Å². The second-order valence-electron chi connectivity index (χ2n) is 14.2. The molecule has 0 aliphatic carbocycles. The zero-order valence-electron chi connectivity index (χ0n) is 30.4. The lowest BCUT2D eigenvalue weighted by Gasteiger charge is -2.23. The fourth-order valence-corrected chi connectivity index (χ4v) is 10.6. The average molecular weight is 734 g/mol. The van der Waals surface area contributed by atoms with Crippen molar-refractivity contribution in [2.24, 2.45) is 4.99 Å². The first kappa shape index (κ1) is 35.0. The molecule has 4 heterocycles. The van der Waals surface area contributed by atoms with Crippen molar-refractivity contribution in [2.75, 3.05) is 55.7 Å². The van der Waals surface area contributed by atoms with Gasteiger partial charge in [-0.2, -0.15) is 0 Å². The van der Waals surface area contributed by atoms with E-state index < -0.39 is 7.14 Å². The number of anilines is 2. The summed E-state index contributed by atoms with van der Waals surface area (Å²) < 4.78 is 38.1. The molecule has 0 saturated carbocycles. The molecule has 1 unspecified atom stereocenters. The van der Waals surface area contributed by atoms with Gasteiger partial charge in [0.25, 0.3) is 11.8 Å². The molecule has 10 nitrogen and oxygen atoms in total. The maximum atomic E-state index is 14.2. The molecule has 4 aromatic rings. The molecular formula is C42H44N3O7P. The fraction of sp³-hybridized carbons (Fsp3) is 0.357. The van der Waals surface area contributed by atoms with Crippen molar-refractivity contribution in [2.45, 2.75) is 51.1 Å². The van der Waals surface area contributed by atoms with Gasteiger partial charge in [-0.3, -0.25) is 19.5 Å². The van der Waals surface area contributed by atoms with Gasteiger partial charge in [0.15, 0.2) is 23.0 Å². The predicted octanol–water partition coefficient (Wildman–Crippen LogP) is 7.74. The zero-order chi connectivity index (χ0) is 36.7. The second-order valence-corrected chi connectivity index (χ2v) is 17.6. The summed E-state index contributed by atoms with van der Waals surface area (Å²) in [4.78, 5) is 36.1. The predicted molar refractivity (Wildman–Crippen MR) is 207 cm³/mol. The van der Waals surface area contributed by atoms with Crippen LogP contribution in [0.15, 0.2) is 77.8 Å². The summed E-state index contributed by atoms with van der Waals surface area (Å²) in [6.45, 7) is 2.47. The highest BCUT2D eigenvalue weighted by molar-refractivity contribution is 7.63. The SMILES string of the molecule is CCCP(=O)(CCOc1cc2c(cc1OC)C(=O)N1c3ccccc3C[C@H]1CC2)CCOc1cc2c(cc1OC)C(=O)N1c3ccccc3C[C@H]1C=N2. The van der Waals surface area contributed by atoms with Crippen molar-refractivity contribution in [3.63, 3.8) is 0 Å². The molecule has 0 bridgehead atoms. The lowest BCUT2D eigenvalue weighted by Crippen LogP contribution is -2.37. The largest absolute Gasteiger partial charge is 0.493 e. The Morgan fingerprint density at radius 2 is 1.32 bits per heavy atom. The summed E-state index contributed by atoms with van der Waals surface area (Å²) in [5, 5.41) is 0. The minimum Gasteiger partial charge on any atom is -0.493 e. The first-order chi connectivity index (χ1) is 25.8. The quantitative estimate of drug-likeness (QED) is 0.137. The van der Waals surface area contributed by atoms with Gasteiger partial charge in [-0.05, 0) is 72.7 Å². The van der Waals surface area contributed by atoms with E-state index in [1.807, 2.05) is 66.6 Å². The number of hydrogen-bond acceptors (Lipinski definition) is 8. The molecule has 2 amide bonds. The van der Waals surface area contributed by atoms with E-state index >= 15 is 0 Å². The Labute approximate surface area is 310 Å². The van der Waals surface area contributed by atoms with E-state index in [1.165, 1.54) is 5.56 Å². The highest BCUT2D eigenvalue weighted by Crippen LogP contribution is 2.47. The Bertz CT molecular complexity index is 2170. The van der Waals surface area contributed by atoms with E-state index in [2.05, 4.69) is 6.07 Å². The number of methoxy groups -OCH3 is 2. The van der Waals surface area contributed by atoms with E-state index in [9.17, 15) is 14.2 Å². The molecule has 0 N–H and O–H groups in total. The zero-order valence-corrected chi connectivity index (χ0v) is 31.3. The molecule has 4 aliphatic rings. The molecule has 4 aromatic carbocycles. The summed E-state index contributed by atoms with van der Waals surface area (Å²) in [6, 6.07) is 23.2. The van der Waals surface area contributed by atoms with Gasteiger partial charge in [-0.25, -0.2) is 0 Å². The normalized spacial score (nSPS) is 19.2. The Balaban J connectivity index is 0.933. The van der Waals surface area contributed by atoms with Gasteiger partial charge in [-0.1, -0.05) is 43.3 Å². The van der Waals surface area contributed by atoms with Crippen LogP contribution in [0.4, 0.5) is 17.1 Å². The highest BCUT2D eigenvalue weighted by atomic mass is 31.2. The number of aliphatic imine (C=N–C) groups is 1. The number of nitrogens with zero attached hydrogens (tertiary/aromatic N) is 3. The number of ether oxygens (including phenoxy) is 4. The van der Waals surface area contributed by atoms with Crippen LogP contribution in [0.1, 0.15) is 57.2 Å². The number of carbonyl (C=O) groups excluding carboxylic acids is 2. The lowest BCUT2D eigenvalue weighted by molar-refractivity contribution is 0.0975. The van der Waals surface area contributed by atoms with Crippen LogP contribution in [-0.2, 0) is 23.8 Å². The second kappa shape index (κ2) is 14.4. The molecule has 53 heavy (non-hydrogen) atoms. The number of carbonyl (C=O) groups is 2. The fourth-order valence-electron chi connectivity index (χ4n) is 8.27. The molecule has 3 atom stereocenters. The van der Waals surface area contributed by atoms with Gasteiger partial charge >= 0.3 is 0 Å². The van der Waals surface area contributed by atoms with E-state index in [4.69, 9.17) is 23.9 Å². The van der Waals surface area contributed by atoms with Crippen molar-refractivity contribution in [1.82, 2.24) is 0 Å². The number of amides is 2. The van der Waals surface area contributed by atoms with Crippen molar-refractivity contribution < 1.29 is 33.1 Å². The highest BCUT2D eigenvalue weighted by Gasteiger charge is 2.38. The van der Waals surface area contributed by atoms with Crippen LogP contribution in [0.2, 0.25) is 0 Å². The average Bonchev–Trinajstić information content (AvgIpc) is 3.66. The van der Waals surface area contributed by atoms with Gasteiger partial charge in [0.05, 0.1) is 51.9 Å². The summed E-state index contributed by atoms with van der Waals surface area (Å²) >= 11 is 0. The van der Waals surface area contributed by atoms with E-state index in [-0.39, 0.29) is 37.1 Å². The number of fused-ring (bicyclic) bond motifs is 8. The monoisotopic (exact) mass is 733 g/mol. The van der Waals surface area contributed by atoms with Crippen molar-refractivity contribution in [3.05, 3.63) is 101 Å².